The molecule has 1 aliphatic rings. The minimum absolute atomic E-state index is 0.0658. The van der Waals surface area contributed by atoms with Crippen LogP contribution in [0.15, 0.2) is 53.1 Å². The van der Waals surface area contributed by atoms with Gasteiger partial charge in [-0.15, -0.1) is 0 Å². The van der Waals surface area contributed by atoms with Gasteiger partial charge in [0.1, 0.15) is 22.7 Å². The number of nitrogens with one attached hydrogen (secondary N) is 1. The fraction of sp³-hybridized carbons (Fsp3) is 0.360. The largest absolute Gasteiger partial charge is 0.443 e. The second-order valence-corrected chi connectivity index (χ2v) is 8.70. The molecule has 1 amide bonds. The normalized spacial score (nSPS) is 14.1. The van der Waals surface area contributed by atoms with Gasteiger partial charge in [-0.1, -0.05) is 18.2 Å². The predicted molar refractivity (Wildman–Crippen MR) is 125 cm³/mol. The van der Waals surface area contributed by atoms with Gasteiger partial charge < -0.3 is 9.72 Å². The van der Waals surface area contributed by atoms with Gasteiger partial charge in [-0.3, -0.25) is 14.7 Å². The minimum atomic E-state index is -0.741. The molecule has 2 aromatic rings. The minimum Gasteiger partial charge on any atom is -0.443 e. The number of aromatic nitrogens is 2. The Morgan fingerprint density at radius 3 is 2.67 bits per heavy atom. The molecule has 2 aromatic heterocycles. The van der Waals surface area contributed by atoms with Crippen molar-refractivity contribution in [2.45, 2.75) is 46.6 Å². The molecule has 1 aliphatic heterocycles. The van der Waals surface area contributed by atoms with Gasteiger partial charge in [0.2, 0.25) is 0 Å². The molecule has 1 N–H and O–H groups in total. The number of allylic oxidation sites excluding steroid dienone is 2. The molecule has 0 radical (unpaired) electrons. The van der Waals surface area contributed by atoms with E-state index in [4.69, 9.17) is 4.74 Å². The van der Waals surface area contributed by atoms with Crippen LogP contribution >= 0.6 is 0 Å². The number of carbonyl (C=O) groups excluding carboxylic acids is 2. The van der Waals surface area contributed by atoms with Crippen LogP contribution in [0.5, 0.6) is 0 Å². The highest BCUT2D eigenvalue weighted by Gasteiger charge is 2.26. The summed E-state index contributed by atoms with van der Waals surface area (Å²) in [6.07, 6.45) is 8.47. The lowest BCUT2D eigenvalue weighted by Crippen LogP contribution is -2.38. The average molecular weight is 453 g/mol. The quantitative estimate of drug-likeness (QED) is 0.530. The van der Waals surface area contributed by atoms with Crippen molar-refractivity contribution in [3.8, 4) is 0 Å². The number of fused-ring (bicyclic) bond motifs is 1. The Hall–Kier alpha value is -3.55. The van der Waals surface area contributed by atoms with Crippen molar-refractivity contribution >= 4 is 23.8 Å². The third-order valence-electron chi connectivity index (χ3n) is 4.93. The van der Waals surface area contributed by atoms with E-state index in [-0.39, 0.29) is 18.1 Å². The van der Waals surface area contributed by atoms with Gasteiger partial charge in [0.25, 0.3) is 0 Å². The molecule has 33 heavy (non-hydrogen) atoms. The summed E-state index contributed by atoms with van der Waals surface area (Å²) in [5.74, 6) is -0.355. The molecule has 0 saturated heterocycles. The van der Waals surface area contributed by atoms with Crippen molar-refractivity contribution < 1.29 is 18.7 Å². The first-order valence-corrected chi connectivity index (χ1v) is 10.8. The maximum absolute atomic E-state index is 14.1. The highest BCUT2D eigenvalue weighted by Crippen LogP contribution is 2.21. The van der Waals surface area contributed by atoms with Gasteiger partial charge >= 0.3 is 6.09 Å². The predicted octanol–water partition coefficient (Wildman–Crippen LogP) is 4.01. The molecular weight excluding hydrogens is 423 g/mol. The second kappa shape index (κ2) is 9.94. The van der Waals surface area contributed by atoms with Crippen molar-refractivity contribution in [1.29, 1.82) is 0 Å². The van der Waals surface area contributed by atoms with E-state index >= 15 is 0 Å². The number of rotatable bonds is 6. The number of hydrogen-bond acceptors (Lipinski definition) is 5. The second-order valence-electron chi connectivity index (χ2n) is 8.70. The zero-order chi connectivity index (χ0) is 24.2. The molecule has 8 heteroatoms. The number of aromatic amines is 1. The molecule has 0 fully saturated rings. The molecule has 0 unspecified atom stereocenters. The van der Waals surface area contributed by atoms with Crippen molar-refractivity contribution in [3.05, 3.63) is 69.9 Å². The van der Waals surface area contributed by atoms with E-state index in [0.29, 0.717) is 28.7 Å². The number of ether oxygens (including phenoxy) is 1. The highest BCUT2D eigenvalue weighted by molar-refractivity contribution is 6.09. The molecule has 3 rings (SSSR count). The SMILES string of the molecule is C/C=C\C(CN(C(=O)OC(C)(C)C)c1ccc(C(=O)c2c[nH]c3c2=CCCN=3)cn1)=C(/C)F. The molecule has 174 valence electrons. The van der Waals surface area contributed by atoms with Crippen LogP contribution in [0.25, 0.3) is 6.08 Å². The summed E-state index contributed by atoms with van der Waals surface area (Å²) in [4.78, 5) is 38.9. The summed E-state index contributed by atoms with van der Waals surface area (Å²) in [5, 5.41) is 0.797. The van der Waals surface area contributed by atoms with Crippen molar-refractivity contribution in [3.63, 3.8) is 0 Å². The number of nitrogens with zero attached hydrogens (tertiary/aromatic N) is 3. The number of hydrogen-bond donors (Lipinski definition) is 1. The molecule has 7 nitrogen and oxygen atoms in total. The lowest BCUT2D eigenvalue weighted by molar-refractivity contribution is 0.0582. The number of anilines is 1. The first-order chi connectivity index (χ1) is 15.6. The van der Waals surface area contributed by atoms with Crippen LogP contribution in [-0.4, -0.2) is 40.5 Å². The molecule has 0 spiro atoms. The molecular formula is C25H29FN4O3. The zero-order valence-corrected chi connectivity index (χ0v) is 19.6. The Balaban J connectivity index is 1.93. The number of carbonyl (C=O) groups is 2. The van der Waals surface area contributed by atoms with Gasteiger partial charge in [-0.2, -0.15) is 0 Å². The van der Waals surface area contributed by atoms with E-state index in [0.717, 1.165) is 11.6 Å². The molecule has 0 atom stereocenters. The van der Waals surface area contributed by atoms with E-state index in [2.05, 4.69) is 15.0 Å². The van der Waals surface area contributed by atoms with Crippen LogP contribution in [0, 0.1) is 0 Å². The standard InChI is InChI=1S/C25H29FN4O3/c1-6-8-18(16(2)26)15-30(24(32)33-25(3,4)5)21-11-10-17(13-28-21)22(31)20-14-29-23-19(20)9-7-12-27-23/h6,8-11,13-14H,7,12,15H2,1-5H3,(H,27,29)/b8-6-,18-16-. The van der Waals surface area contributed by atoms with E-state index in [1.165, 1.54) is 18.0 Å². The Morgan fingerprint density at radius 2 is 2.06 bits per heavy atom. The third kappa shape index (κ3) is 5.83. The fourth-order valence-corrected chi connectivity index (χ4v) is 3.37. The summed E-state index contributed by atoms with van der Waals surface area (Å²) in [6.45, 7) is 8.98. The average Bonchev–Trinajstić information content (AvgIpc) is 3.19. The first-order valence-electron chi connectivity index (χ1n) is 10.8. The molecule has 0 aromatic carbocycles. The van der Waals surface area contributed by atoms with E-state index in [1.807, 2.05) is 6.08 Å². The first kappa shape index (κ1) is 24.1. The molecule has 3 heterocycles. The van der Waals surface area contributed by atoms with Crippen LogP contribution < -0.4 is 15.6 Å². The van der Waals surface area contributed by atoms with E-state index in [1.54, 1.807) is 58.2 Å². The summed E-state index contributed by atoms with van der Waals surface area (Å²) >= 11 is 0. The van der Waals surface area contributed by atoms with E-state index in [9.17, 15) is 14.0 Å². The topological polar surface area (TPSA) is 87.6 Å². The highest BCUT2D eigenvalue weighted by atomic mass is 19.1. The Kier molecular flexibility index (Phi) is 7.26. The van der Waals surface area contributed by atoms with Gasteiger partial charge in [-0.05, 0) is 53.2 Å². The summed E-state index contributed by atoms with van der Waals surface area (Å²) in [5.41, 5.74) is 1.18. The van der Waals surface area contributed by atoms with Gasteiger partial charge in [-0.25, -0.2) is 14.2 Å². The zero-order valence-electron chi connectivity index (χ0n) is 19.6. The Bertz CT molecular complexity index is 1210. The van der Waals surface area contributed by atoms with Crippen LogP contribution in [0.3, 0.4) is 0 Å². The Labute approximate surface area is 192 Å². The van der Waals surface area contributed by atoms with Crippen molar-refractivity contribution in [2.24, 2.45) is 4.99 Å². The molecule has 0 saturated carbocycles. The van der Waals surface area contributed by atoms with Gasteiger partial charge in [0.05, 0.1) is 6.54 Å². The fourth-order valence-electron chi connectivity index (χ4n) is 3.37. The summed E-state index contributed by atoms with van der Waals surface area (Å²) in [7, 11) is 0. The Morgan fingerprint density at radius 1 is 1.30 bits per heavy atom. The van der Waals surface area contributed by atoms with Crippen LogP contribution in [-0.2, 0) is 4.74 Å². The number of ketones is 1. The van der Waals surface area contributed by atoms with Gasteiger partial charge in [0, 0.05) is 40.9 Å². The molecule has 0 aliphatic carbocycles. The summed E-state index contributed by atoms with van der Waals surface area (Å²) < 4.78 is 19.6. The van der Waals surface area contributed by atoms with Crippen molar-refractivity contribution in [1.82, 2.24) is 9.97 Å². The summed E-state index contributed by atoms with van der Waals surface area (Å²) in [6, 6.07) is 3.16. The maximum Gasteiger partial charge on any atom is 0.416 e. The lowest BCUT2D eigenvalue weighted by atomic mass is 10.1. The number of halogens is 1. The number of H-pyrrole nitrogens is 1. The lowest BCUT2D eigenvalue weighted by Gasteiger charge is -2.27. The van der Waals surface area contributed by atoms with Crippen LogP contribution in [0.1, 0.15) is 57.0 Å². The third-order valence-corrected chi connectivity index (χ3v) is 4.93. The van der Waals surface area contributed by atoms with Gasteiger partial charge in [0.15, 0.2) is 5.78 Å². The molecule has 0 bridgehead atoms. The number of pyridine rings is 1. The van der Waals surface area contributed by atoms with Crippen molar-refractivity contribution in [2.75, 3.05) is 18.0 Å². The van der Waals surface area contributed by atoms with E-state index < -0.39 is 17.5 Å². The smallest absolute Gasteiger partial charge is 0.416 e. The number of amides is 1. The van der Waals surface area contributed by atoms with Crippen LogP contribution in [0.4, 0.5) is 15.0 Å². The maximum atomic E-state index is 14.1. The monoisotopic (exact) mass is 452 g/mol. The van der Waals surface area contributed by atoms with Crippen LogP contribution in [0.2, 0.25) is 0 Å².